The number of hydrogen-bond acceptors (Lipinski definition) is 6. The summed E-state index contributed by atoms with van der Waals surface area (Å²) < 4.78 is 42.3. The van der Waals surface area contributed by atoms with E-state index >= 15 is 0 Å². The zero-order chi connectivity index (χ0) is 27.6. The van der Waals surface area contributed by atoms with Crippen molar-refractivity contribution >= 4 is 17.8 Å². The quantitative estimate of drug-likeness (QED) is 0.572. The number of rotatable bonds is 7. The molecule has 0 radical (unpaired) electrons. The van der Waals surface area contributed by atoms with Crippen LogP contribution in [0.4, 0.5) is 13.2 Å². The summed E-state index contributed by atoms with van der Waals surface area (Å²) in [5.74, 6) is -1.99. The Morgan fingerprint density at radius 3 is 2.19 bits per heavy atom. The van der Waals surface area contributed by atoms with Crippen LogP contribution in [0.15, 0.2) is 42.5 Å². The third-order valence-electron chi connectivity index (χ3n) is 5.41. The number of carboxylic acid groups (broad SMARTS) is 1. The van der Waals surface area contributed by atoms with Gasteiger partial charge in [0.15, 0.2) is 11.5 Å². The number of benzene rings is 2. The number of carbonyl (C=O) groups excluding carboxylic acids is 2. The maximum atomic E-state index is 13.4. The Bertz CT molecular complexity index is 1090. The molecule has 2 amide bonds. The molecule has 1 fully saturated rings. The number of piperazine rings is 1. The third-order valence-corrected chi connectivity index (χ3v) is 5.41. The van der Waals surface area contributed by atoms with Gasteiger partial charge in [-0.15, -0.1) is 0 Å². The molecule has 0 atom stereocenters. The second kappa shape index (κ2) is 13.5. The summed E-state index contributed by atoms with van der Waals surface area (Å²) in [6, 6.07) is 13.0. The predicted molar refractivity (Wildman–Crippen MR) is 129 cm³/mol. The summed E-state index contributed by atoms with van der Waals surface area (Å²) in [7, 11) is 3.08. The van der Waals surface area contributed by atoms with Crippen LogP contribution >= 0.6 is 0 Å². The smallest absolute Gasteiger partial charge is 0.490 e. The van der Waals surface area contributed by atoms with E-state index in [2.05, 4.69) is 5.32 Å². The van der Waals surface area contributed by atoms with Gasteiger partial charge < -0.3 is 29.7 Å². The minimum atomic E-state index is -5.08. The standard InChI is InChI=1S/C23H29N3O4.C2HF3O2/c1-17-5-4-6-18(13-17)15-26(16-22(27)25-11-9-24-10-12-25)23(28)19-7-8-20(29-2)21(14-19)30-3;3-2(4,5)1(6)7/h4-8,13-14,24H,9-12,15-16H2,1-3H3;(H,6,7). The number of carbonyl (C=O) groups is 3. The molecule has 1 saturated heterocycles. The van der Waals surface area contributed by atoms with Crippen molar-refractivity contribution in [2.75, 3.05) is 46.9 Å². The van der Waals surface area contributed by atoms with Crippen LogP contribution in [0.3, 0.4) is 0 Å². The number of carboxylic acids is 1. The van der Waals surface area contributed by atoms with Crippen molar-refractivity contribution in [2.24, 2.45) is 0 Å². The molecule has 37 heavy (non-hydrogen) atoms. The molecule has 0 unspecified atom stereocenters. The second-order valence-corrected chi connectivity index (χ2v) is 8.15. The van der Waals surface area contributed by atoms with Crippen molar-refractivity contribution in [3.63, 3.8) is 0 Å². The first-order valence-corrected chi connectivity index (χ1v) is 11.3. The van der Waals surface area contributed by atoms with E-state index in [-0.39, 0.29) is 18.4 Å². The first kappa shape index (κ1) is 29.4. The number of hydrogen-bond donors (Lipinski definition) is 2. The zero-order valence-electron chi connectivity index (χ0n) is 20.8. The Hall–Kier alpha value is -3.80. The molecule has 9 nitrogen and oxygen atoms in total. The first-order valence-electron chi connectivity index (χ1n) is 11.3. The minimum absolute atomic E-state index is 0.0289. The summed E-state index contributed by atoms with van der Waals surface area (Å²) in [4.78, 5) is 38.6. The van der Waals surface area contributed by atoms with Crippen molar-refractivity contribution in [2.45, 2.75) is 19.6 Å². The lowest BCUT2D eigenvalue weighted by atomic mass is 10.1. The average molecular weight is 526 g/mol. The fraction of sp³-hybridized carbons (Fsp3) is 0.400. The van der Waals surface area contributed by atoms with Crippen molar-refractivity contribution in [1.82, 2.24) is 15.1 Å². The lowest BCUT2D eigenvalue weighted by molar-refractivity contribution is -0.192. The number of nitrogens with one attached hydrogen (secondary N) is 1. The number of aryl methyl sites for hydroxylation is 1. The van der Waals surface area contributed by atoms with Crippen LogP contribution in [0.25, 0.3) is 0 Å². The number of methoxy groups -OCH3 is 2. The lowest BCUT2D eigenvalue weighted by Crippen LogP contribution is -2.50. The highest BCUT2D eigenvalue weighted by Crippen LogP contribution is 2.28. The summed E-state index contributed by atoms with van der Waals surface area (Å²) in [6.45, 7) is 5.24. The van der Waals surface area contributed by atoms with Gasteiger partial charge in [-0.05, 0) is 30.7 Å². The van der Waals surface area contributed by atoms with Gasteiger partial charge in [-0.25, -0.2) is 4.79 Å². The Balaban J connectivity index is 0.000000604. The van der Waals surface area contributed by atoms with E-state index in [0.717, 1.165) is 24.2 Å². The molecule has 2 N–H and O–H groups in total. The number of nitrogens with zero attached hydrogens (tertiary/aromatic N) is 2. The highest BCUT2D eigenvalue weighted by molar-refractivity contribution is 5.97. The molecule has 12 heteroatoms. The van der Waals surface area contributed by atoms with Crippen molar-refractivity contribution < 1.29 is 42.1 Å². The normalized spacial score (nSPS) is 13.2. The van der Waals surface area contributed by atoms with Crippen LogP contribution in [0.1, 0.15) is 21.5 Å². The minimum Gasteiger partial charge on any atom is -0.493 e. The number of ether oxygens (including phenoxy) is 2. The highest BCUT2D eigenvalue weighted by atomic mass is 19.4. The molecule has 202 valence electrons. The van der Waals surface area contributed by atoms with Gasteiger partial charge >= 0.3 is 12.1 Å². The van der Waals surface area contributed by atoms with Gasteiger partial charge in [0.1, 0.15) is 6.54 Å². The molecule has 0 saturated carbocycles. The number of alkyl halides is 3. The Kier molecular flexibility index (Phi) is 10.7. The van der Waals surface area contributed by atoms with Gasteiger partial charge in [0, 0.05) is 38.3 Å². The fourth-order valence-corrected chi connectivity index (χ4v) is 3.56. The maximum absolute atomic E-state index is 13.4. The summed E-state index contributed by atoms with van der Waals surface area (Å²) in [5.41, 5.74) is 2.55. The van der Waals surface area contributed by atoms with Crippen molar-refractivity contribution in [3.8, 4) is 11.5 Å². The van der Waals surface area contributed by atoms with Crippen LogP contribution in [0.2, 0.25) is 0 Å². The van der Waals surface area contributed by atoms with Crippen LogP contribution in [0.5, 0.6) is 11.5 Å². The zero-order valence-corrected chi connectivity index (χ0v) is 20.8. The Labute approximate surface area is 212 Å². The van der Waals surface area contributed by atoms with Crippen molar-refractivity contribution in [3.05, 3.63) is 59.2 Å². The van der Waals surface area contributed by atoms with E-state index in [1.54, 1.807) is 30.2 Å². The monoisotopic (exact) mass is 525 g/mol. The maximum Gasteiger partial charge on any atom is 0.490 e. The third kappa shape index (κ3) is 8.98. The predicted octanol–water partition coefficient (Wildman–Crippen LogP) is 2.72. The fourth-order valence-electron chi connectivity index (χ4n) is 3.56. The van der Waals surface area contributed by atoms with E-state index < -0.39 is 12.1 Å². The summed E-state index contributed by atoms with van der Waals surface area (Å²) in [5, 5.41) is 10.4. The molecule has 1 aliphatic heterocycles. The van der Waals surface area contributed by atoms with E-state index in [4.69, 9.17) is 19.4 Å². The van der Waals surface area contributed by atoms with Crippen LogP contribution in [-0.4, -0.2) is 85.8 Å². The van der Waals surface area contributed by atoms with E-state index in [1.165, 1.54) is 7.11 Å². The van der Waals surface area contributed by atoms with Gasteiger partial charge in [0.25, 0.3) is 5.91 Å². The van der Waals surface area contributed by atoms with Gasteiger partial charge in [-0.2, -0.15) is 13.2 Å². The molecule has 0 aromatic heterocycles. The molecular formula is C25H30F3N3O6. The number of aliphatic carboxylic acids is 1. The Morgan fingerprint density at radius 1 is 1.03 bits per heavy atom. The SMILES string of the molecule is COc1ccc(C(=O)N(CC(=O)N2CCNCC2)Cc2cccc(C)c2)cc1OC.O=C(O)C(F)(F)F. The first-order chi connectivity index (χ1) is 17.5. The van der Waals surface area contributed by atoms with Gasteiger partial charge in [0.05, 0.1) is 14.2 Å². The van der Waals surface area contributed by atoms with Crippen molar-refractivity contribution in [1.29, 1.82) is 0 Å². The molecule has 0 spiro atoms. The number of amides is 2. The van der Waals surface area contributed by atoms with Crippen LogP contribution < -0.4 is 14.8 Å². The van der Waals surface area contributed by atoms with Crippen LogP contribution in [0, 0.1) is 6.92 Å². The average Bonchev–Trinajstić information content (AvgIpc) is 2.87. The second-order valence-electron chi connectivity index (χ2n) is 8.15. The molecular weight excluding hydrogens is 495 g/mol. The molecule has 0 aliphatic carbocycles. The topological polar surface area (TPSA) is 108 Å². The lowest BCUT2D eigenvalue weighted by Gasteiger charge is -2.30. The van der Waals surface area contributed by atoms with Gasteiger partial charge in [-0.3, -0.25) is 9.59 Å². The molecule has 1 heterocycles. The molecule has 3 rings (SSSR count). The largest absolute Gasteiger partial charge is 0.493 e. The highest BCUT2D eigenvalue weighted by Gasteiger charge is 2.38. The van der Waals surface area contributed by atoms with Gasteiger partial charge in [0.2, 0.25) is 5.91 Å². The molecule has 0 bridgehead atoms. The number of halogens is 3. The molecule has 1 aliphatic rings. The van der Waals surface area contributed by atoms with E-state index in [1.807, 2.05) is 36.1 Å². The van der Waals surface area contributed by atoms with E-state index in [9.17, 15) is 22.8 Å². The molecule has 2 aromatic rings. The summed E-state index contributed by atoms with van der Waals surface area (Å²) >= 11 is 0. The summed E-state index contributed by atoms with van der Waals surface area (Å²) in [6.07, 6.45) is -5.08. The van der Waals surface area contributed by atoms with Crippen LogP contribution in [-0.2, 0) is 16.1 Å². The molecule has 2 aromatic carbocycles. The van der Waals surface area contributed by atoms with Gasteiger partial charge in [-0.1, -0.05) is 29.8 Å². The van der Waals surface area contributed by atoms with E-state index in [0.29, 0.717) is 36.7 Å². The Morgan fingerprint density at radius 2 is 1.65 bits per heavy atom.